The second kappa shape index (κ2) is 5.51. The van der Waals surface area contributed by atoms with E-state index in [0.29, 0.717) is 0 Å². The summed E-state index contributed by atoms with van der Waals surface area (Å²) in [6.45, 7) is 5.46. The molecule has 0 aromatic heterocycles. The number of rotatable bonds is 4. The van der Waals surface area contributed by atoms with Gasteiger partial charge < -0.3 is 5.11 Å². The van der Waals surface area contributed by atoms with Gasteiger partial charge in [0, 0.05) is 0 Å². The van der Waals surface area contributed by atoms with Crippen molar-refractivity contribution in [3.05, 3.63) is 24.8 Å². The van der Waals surface area contributed by atoms with Crippen LogP contribution in [0.2, 0.25) is 0 Å². The summed E-state index contributed by atoms with van der Waals surface area (Å²) in [5.41, 5.74) is 0. The third-order valence-electron chi connectivity index (χ3n) is 1.12. The highest BCUT2D eigenvalue weighted by molar-refractivity contribution is 6.22. The zero-order valence-electron chi connectivity index (χ0n) is 6.13. The molecule has 0 fully saturated rings. The molecule has 0 aliphatic rings. The van der Waals surface area contributed by atoms with Crippen LogP contribution in [0.3, 0.4) is 0 Å². The summed E-state index contributed by atoms with van der Waals surface area (Å²) in [6.07, 6.45) is 5.39. The molecule has 0 aliphatic carbocycles. The molecule has 10 heavy (non-hydrogen) atoms. The maximum Gasteiger partial charge on any atom is 0.0919 e. The van der Waals surface area contributed by atoms with Crippen molar-refractivity contribution < 1.29 is 5.11 Å². The molecule has 1 nitrogen and oxygen atoms in total. The fraction of sp³-hybridized carbons (Fsp3) is 0.500. The summed E-state index contributed by atoms with van der Waals surface area (Å²) in [4.78, 5) is 0. The molecule has 0 rings (SSSR count). The van der Waals surface area contributed by atoms with E-state index >= 15 is 0 Å². The van der Waals surface area contributed by atoms with E-state index in [1.54, 1.807) is 6.08 Å². The molecule has 0 aliphatic heterocycles. The molecule has 2 heteroatoms. The molecule has 1 N–H and O–H groups in total. The van der Waals surface area contributed by atoms with Gasteiger partial charge in [-0.1, -0.05) is 25.2 Å². The molecular formula is C8H13ClO. The van der Waals surface area contributed by atoms with Gasteiger partial charge in [0.1, 0.15) is 0 Å². The highest BCUT2D eigenvalue weighted by Crippen LogP contribution is 2.04. The second-order valence-corrected chi connectivity index (χ2v) is 2.51. The number of hydrogen-bond acceptors (Lipinski definition) is 1. The van der Waals surface area contributed by atoms with Gasteiger partial charge in [0.25, 0.3) is 0 Å². The Bertz CT molecular complexity index is 120. The van der Waals surface area contributed by atoms with Gasteiger partial charge in [0.15, 0.2) is 0 Å². The van der Waals surface area contributed by atoms with E-state index < -0.39 is 6.10 Å². The molecular weight excluding hydrogens is 148 g/mol. The fourth-order valence-corrected chi connectivity index (χ4v) is 0.605. The molecule has 0 unspecified atom stereocenters. The molecule has 0 radical (unpaired) electrons. The fourth-order valence-electron chi connectivity index (χ4n) is 0.521. The average Bonchev–Trinajstić information content (AvgIpc) is 1.98. The molecule has 0 saturated heterocycles. The Labute approximate surface area is 67.0 Å². The summed E-state index contributed by atoms with van der Waals surface area (Å²) in [7, 11) is 0. The highest BCUT2D eigenvalue weighted by Gasteiger charge is 2.07. The predicted molar refractivity (Wildman–Crippen MR) is 45.3 cm³/mol. The Morgan fingerprint density at radius 1 is 1.70 bits per heavy atom. The SMILES string of the molecule is C=C[C@@H](Cl)[C@H](O)/C=C/CC. The van der Waals surface area contributed by atoms with Gasteiger partial charge in [0.2, 0.25) is 0 Å². The minimum absolute atomic E-state index is 0.372. The van der Waals surface area contributed by atoms with Crippen molar-refractivity contribution in [1.82, 2.24) is 0 Å². The largest absolute Gasteiger partial charge is 0.387 e. The summed E-state index contributed by atoms with van der Waals surface area (Å²) >= 11 is 5.63. The maximum atomic E-state index is 9.16. The first-order valence-electron chi connectivity index (χ1n) is 3.33. The topological polar surface area (TPSA) is 20.2 Å². The van der Waals surface area contributed by atoms with Crippen LogP contribution >= 0.6 is 11.6 Å². The molecule has 0 bridgehead atoms. The Kier molecular flexibility index (Phi) is 5.36. The van der Waals surface area contributed by atoms with Gasteiger partial charge in [-0.05, 0) is 6.42 Å². The number of alkyl halides is 1. The second-order valence-electron chi connectivity index (χ2n) is 2.01. The zero-order valence-corrected chi connectivity index (χ0v) is 6.88. The predicted octanol–water partition coefficient (Wildman–Crippen LogP) is 2.11. The summed E-state index contributed by atoms with van der Waals surface area (Å²) in [6, 6.07) is 0. The lowest BCUT2D eigenvalue weighted by Gasteiger charge is -2.06. The quantitative estimate of drug-likeness (QED) is 0.494. The van der Waals surface area contributed by atoms with Crippen molar-refractivity contribution in [1.29, 1.82) is 0 Å². The minimum atomic E-state index is -0.598. The van der Waals surface area contributed by atoms with Gasteiger partial charge in [-0.15, -0.1) is 18.2 Å². The third kappa shape index (κ3) is 3.70. The molecule has 58 valence electrons. The van der Waals surface area contributed by atoms with Crippen LogP contribution in [-0.4, -0.2) is 16.6 Å². The van der Waals surface area contributed by atoms with Gasteiger partial charge in [-0.25, -0.2) is 0 Å². The standard InChI is InChI=1S/C8H13ClO/c1-3-5-6-8(10)7(9)4-2/h4-8,10H,2-3H2,1H3/b6-5+/t7-,8-/m1/s1. The molecule has 0 aromatic carbocycles. The van der Waals surface area contributed by atoms with E-state index in [1.807, 2.05) is 13.0 Å². The lowest BCUT2D eigenvalue weighted by molar-refractivity contribution is 0.230. The number of hydrogen-bond donors (Lipinski definition) is 1. The Morgan fingerprint density at radius 2 is 2.30 bits per heavy atom. The first-order valence-corrected chi connectivity index (χ1v) is 3.77. The van der Waals surface area contributed by atoms with Gasteiger partial charge in [-0.2, -0.15) is 0 Å². The first kappa shape index (κ1) is 9.73. The molecule has 0 spiro atoms. The van der Waals surface area contributed by atoms with Crippen molar-refractivity contribution >= 4 is 11.6 Å². The van der Waals surface area contributed by atoms with Crippen LogP contribution in [0, 0.1) is 0 Å². The Morgan fingerprint density at radius 3 is 2.70 bits per heavy atom. The van der Waals surface area contributed by atoms with Crippen molar-refractivity contribution in [3.63, 3.8) is 0 Å². The first-order chi connectivity index (χ1) is 4.72. The summed E-state index contributed by atoms with van der Waals surface area (Å²) < 4.78 is 0. The number of aliphatic hydroxyl groups is 1. The van der Waals surface area contributed by atoms with Crippen LogP contribution in [0.15, 0.2) is 24.8 Å². The van der Waals surface area contributed by atoms with Crippen LogP contribution < -0.4 is 0 Å². The number of allylic oxidation sites excluding steroid dienone is 1. The molecule has 0 amide bonds. The third-order valence-corrected chi connectivity index (χ3v) is 1.56. The normalized spacial score (nSPS) is 17.1. The van der Waals surface area contributed by atoms with E-state index in [-0.39, 0.29) is 5.38 Å². The van der Waals surface area contributed by atoms with Crippen LogP contribution in [0.4, 0.5) is 0 Å². The van der Waals surface area contributed by atoms with E-state index in [9.17, 15) is 0 Å². The molecule has 0 aromatic rings. The van der Waals surface area contributed by atoms with Gasteiger partial charge in [-0.3, -0.25) is 0 Å². The maximum absolute atomic E-state index is 9.16. The summed E-state index contributed by atoms with van der Waals surface area (Å²) in [5.74, 6) is 0. The van der Waals surface area contributed by atoms with E-state index in [2.05, 4.69) is 6.58 Å². The number of aliphatic hydroxyl groups excluding tert-OH is 1. The lowest BCUT2D eigenvalue weighted by atomic mass is 10.2. The van der Waals surface area contributed by atoms with Crippen molar-refractivity contribution in [2.45, 2.75) is 24.8 Å². The van der Waals surface area contributed by atoms with E-state index in [0.717, 1.165) is 6.42 Å². The Balaban J connectivity index is 3.70. The molecule has 2 atom stereocenters. The lowest BCUT2D eigenvalue weighted by Crippen LogP contribution is -2.14. The van der Waals surface area contributed by atoms with Crippen LogP contribution in [-0.2, 0) is 0 Å². The zero-order chi connectivity index (χ0) is 7.98. The van der Waals surface area contributed by atoms with E-state index in [4.69, 9.17) is 16.7 Å². The van der Waals surface area contributed by atoms with Crippen molar-refractivity contribution in [2.75, 3.05) is 0 Å². The highest BCUT2D eigenvalue weighted by atomic mass is 35.5. The monoisotopic (exact) mass is 160 g/mol. The van der Waals surface area contributed by atoms with Gasteiger partial charge in [0.05, 0.1) is 11.5 Å². The average molecular weight is 161 g/mol. The van der Waals surface area contributed by atoms with Crippen molar-refractivity contribution in [3.8, 4) is 0 Å². The Hall–Kier alpha value is -0.270. The minimum Gasteiger partial charge on any atom is -0.387 e. The van der Waals surface area contributed by atoms with Crippen LogP contribution in [0.5, 0.6) is 0 Å². The van der Waals surface area contributed by atoms with Crippen LogP contribution in [0.25, 0.3) is 0 Å². The molecule has 0 heterocycles. The molecule has 0 saturated carbocycles. The van der Waals surface area contributed by atoms with Crippen molar-refractivity contribution in [2.24, 2.45) is 0 Å². The summed E-state index contributed by atoms with van der Waals surface area (Å²) in [5, 5.41) is 8.79. The van der Waals surface area contributed by atoms with Crippen LogP contribution in [0.1, 0.15) is 13.3 Å². The number of halogens is 1. The van der Waals surface area contributed by atoms with Gasteiger partial charge >= 0.3 is 0 Å². The smallest absolute Gasteiger partial charge is 0.0919 e. The van der Waals surface area contributed by atoms with E-state index in [1.165, 1.54) is 6.08 Å².